The number of nitrogens with two attached hydrogens (primary N) is 1. The summed E-state index contributed by atoms with van der Waals surface area (Å²) in [6.45, 7) is -0.115. The second-order valence-corrected chi connectivity index (χ2v) is 4.82. The molecule has 3 N–H and O–H groups in total. The van der Waals surface area contributed by atoms with E-state index in [2.05, 4.69) is 5.32 Å². The van der Waals surface area contributed by atoms with E-state index in [0.29, 0.717) is 17.2 Å². The topological polar surface area (TPSA) is 72.2 Å². The number of rotatable bonds is 6. The molecule has 6 heteroatoms. The van der Waals surface area contributed by atoms with E-state index in [1.807, 2.05) is 18.2 Å². The van der Waals surface area contributed by atoms with Gasteiger partial charge in [-0.25, -0.2) is 0 Å². The van der Waals surface area contributed by atoms with Crippen LogP contribution in [0.1, 0.15) is 6.42 Å². The van der Waals surface area contributed by atoms with E-state index < -0.39 is 5.91 Å². The van der Waals surface area contributed by atoms with Crippen molar-refractivity contribution in [1.29, 1.82) is 0 Å². The van der Waals surface area contributed by atoms with E-state index in [0.717, 1.165) is 4.90 Å². The Bertz CT molecular complexity index is 412. The quantitative estimate of drug-likeness (QED) is 0.770. The first-order chi connectivity index (χ1) is 8.09. The lowest BCUT2D eigenvalue weighted by molar-refractivity contribution is -0.124. The fourth-order valence-electron chi connectivity index (χ4n) is 1.09. The number of nitrogens with one attached hydrogen (secondary N) is 1. The van der Waals surface area contributed by atoms with Crippen LogP contribution in [0.4, 0.5) is 0 Å². The standard InChI is InChI=1S/C11H13ClN2O2S/c12-8-3-1-2-4-9(8)17-6-5-11(16)14-7-10(13)15/h1-4H,5-7H2,(H2,13,15)(H,14,16). The summed E-state index contributed by atoms with van der Waals surface area (Å²) in [5.41, 5.74) is 4.90. The molecule has 0 saturated carbocycles. The highest BCUT2D eigenvalue weighted by atomic mass is 35.5. The van der Waals surface area contributed by atoms with Gasteiger partial charge in [-0.15, -0.1) is 11.8 Å². The van der Waals surface area contributed by atoms with Crippen molar-refractivity contribution in [2.75, 3.05) is 12.3 Å². The first-order valence-corrected chi connectivity index (χ1v) is 6.38. The third kappa shape index (κ3) is 5.60. The smallest absolute Gasteiger partial charge is 0.236 e. The fraction of sp³-hybridized carbons (Fsp3) is 0.273. The van der Waals surface area contributed by atoms with Gasteiger partial charge in [0.1, 0.15) is 0 Å². The largest absolute Gasteiger partial charge is 0.368 e. The Hall–Kier alpha value is -1.20. The molecule has 92 valence electrons. The maximum absolute atomic E-state index is 11.3. The van der Waals surface area contributed by atoms with Gasteiger partial charge in [0.15, 0.2) is 0 Å². The summed E-state index contributed by atoms with van der Waals surface area (Å²) in [6, 6.07) is 7.44. The Morgan fingerprint density at radius 3 is 2.71 bits per heavy atom. The monoisotopic (exact) mass is 272 g/mol. The molecule has 1 rings (SSSR count). The number of benzene rings is 1. The van der Waals surface area contributed by atoms with Gasteiger partial charge in [0.2, 0.25) is 11.8 Å². The van der Waals surface area contributed by atoms with Crippen molar-refractivity contribution in [2.24, 2.45) is 5.73 Å². The molecule has 0 unspecified atom stereocenters. The van der Waals surface area contributed by atoms with Gasteiger partial charge in [-0.05, 0) is 12.1 Å². The zero-order valence-corrected chi connectivity index (χ0v) is 10.7. The molecule has 0 atom stereocenters. The number of hydrogen-bond donors (Lipinski definition) is 2. The van der Waals surface area contributed by atoms with Gasteiger partial charge in [-0.1, -0.05) is 23.7 Å². The van der Waals surface area contributed by atoms with Crippen molar-refractivity contribution >= 4 is 35.2 Å². The second kappa shape index (κ2) is 7.19. The molecule has 0 aliphatic heterocycles. The molecule has 2 amide bonds. The molecule has 4 nitrogen and oxygen atoms in total. The van der Waals surface area contributed by atoms with Gasteiger partial charge >= 0.3 is 0 Å². The molecule has 0 saturated heterocycles. The van der Waals surface area contributed by atoms with Crippen LogP contribution in [0.3, 0.4) is 0 Å². The van der Waals surface area contributed by atoms with Crippen LogP contribution < -0.4 is 11.1 Å². The minimum atomic E-state index is -0.544. The average molecular weight is 273 g/mol. The van der Waals surface area contributed by atoms with E-state index >= 15 is 0 Å². The van der Waals surface area contributed by atoms with E-state index in [-0.39, 0.29) is 12.5 Å². The predicted octanol–water partition coefficient (Wildman–Crippen LogP) is 1.42. The minimum Gasteiger partial charge on any atom is -0.368 e. The second-order valence-electron chi connectivity index (χ2n) is 3.27. The zero-order valence-electron chi connectivity index (χ0n) is 9.11. The van der Waals surface area contributed by atoms with Gasteiger partial charge in [-0.3, -0.25) is 9.59 Å². The van der Waals surface area contributed by atoms with Crippen LogP contribution in [0.5, 0.6) is 0 Å². The molecule has 0 fully saturated rings. The summed E-state index contributed by atoms with van der Waals surface area (Å²) in [5, 5.41) is 3.10. The van der Waals surface area contributed by atoms with E-state index in [9.17, 15) is 9.59 Å². The maximum Gasteiger partial charge on any atom is 0.236 e. The van der Waals surface area contributed by atoms with Crippen LogP contribution in [0.2, 0.25) is 5.02 Å². The Labute approximate surface area is 109 Å². The summed E-state index contributed by atoms with van der Waals surface area (Å²) >= 11 is 7.46. The third-order valence-corrected chi connectivity index (χ3v) is 3.40. The number of carbonyl (C=O) groups excluding carboxylic acids is 2. The van der Waals surface area contributed by atoms with Crippen molar-refractivity contribution in [2.45, 2.75) is 11.3 Å². The molecule has 0 spiro atoms. The first-order valence-electron chi connectivity index (χ1n) is 5.02. The van der Waals surface area contributed by atoms with Gasteiger partial charge < -0.3 is 11.1 Å². The van der Waals surface area contributed by atoms with Crippen LogP contribution >= 0.6 is 23.4 Å². The van der Waals surface area contributed by atoms with Crippen LogP contribution in [-0.4, -0.2) is 24.1 Å². The van der Waals surface area contributed by atoms with Crippen LogP contribution in [0.25, 0.3) is 0 Å². The fourth-order valence-corrected chi connectivity index (χ4v) is 2.28. The number of primary amides is 1. The zero-order chi connectivity index (χ0) is 12.7. The summed E-state index contributed by atoms with van der Waals surface area (Å²) in [6.07, 6.45) is 0.323. The number of thioether (sulfide) groups is 1. The Morgan fingerprint density at radius 1 is 1.35 bits per heavy atom. The molecule has 0 aromatic heterocycles. The summed E-state index contributed by atoms with van der Waals surface area (Å²) in [4.78, 5) is 22.6. The summed E-state index contributed by atoms with van der Waals surface area (Å²) < 4.78 is 0. The van der Waals surface area contributed by atoms with Gasteiger partial charge in [-0.2, -0.15) is 0 Å². The molecule has 0 heterocycles. The average Bonchev–Trinajstić information content (AvgIpc) is 2.29. The summed E-state index contributed by atoms with van der Waals surface area (Å²) in [5.74, 6) is -0.130. The molecule has 17 heavy (non-hydrogen) atoms. The lowest BCUT2D eigenvalue weighted by Crippen LogP contribution is -2.33. The molecule has 1 aromatic carbocycles. The maximum atomic E-state index is 11.3. The van der Waals surface area contributed by atoms with Gasteiger partial charge in [0.25, 0.3) is 0 Å². The van der Waals surface area contributed by atoms with Gasteiger partial charge in [0, 0.05) is 17.1 Å². The van der Waals surface area contributed by atoms with Crippen LogP contribution in [0.15, 0.2) is 29.2 Å². The van der Waals surface area contributed by atoms with Crippen molar-refractivity contribution in [1.82, 2.24) is 5.32 Å². The van der Waals surface area contributed by atoms with Crippen molar-refractivity contribution in [3.05, 3.63) is 29.3 Å². The Morgan fingerprint density at radius 2 is 2.06 bits per heavy atom. The van der Waals surface area contributed by atoms with Gasteiger partial charge in [0.05, 0.1) is 11.6 Å². The number of carbonyl (C=O) groups is 2. The highest BCUT2D eigenvalue weighted by Gasteiger charge is 2.04. The molecule has 0 aliphatic rings. The van der Waals surface area contributed by atoms with Crippen molar-refractivity contribution in [3.8, 4) is 0 Å². The van der Waals surface area contributed by atoms with Crippen molar-refractivity contribution < 1.29 is 9.59 Å². The molecule has 0 aliphatic carbocycles. The Kier molecular flexibility index (Phi) is 5.86. The predicted molar refractivity (Wildman–Crippen MR) is 69.0 cm³/mol. The van der Waals surface area contributed by atoms with E-state index in [1.54, 1.807) is 6.07 Å². The number of halogens is 1. The molecule has 0 radical (unpaired) electrons. The number of amides is 2. The van der Waals surface area contributed by atoms with Crippen LogP contribution in [-0.2, 0) is 9.59 Å². The van der Waals surface area contributed by atoms with Crippen molar-refractivity contribution in [3.63, 3.8) is 0 Å². The minimum absolute atomic E-state index is 0.115. The lowest BCUT2D eigenvalue weighted by Gasteiger charge is -2.04. The third-order valence-electron chi connectivity index (χ3n) is 1.88. The highest BCUT2D eigenvalue weighted by Crippen LogP contribution is 2.26. The Balaban J connectivity index is 2.26. The normalized spacial score (nSPS) is 9.94. The summed E-state index contributed by atoms with van der Waals surface area (Å²) in [7, 11) is 0. The van der Waals surface area contributed by atoms with Crippen LogP contribution in [0, 0.1) is 0 Å². The molecule has 0 bridgehead atoms. The molecular weight excluding hydrogens is 260 g/mol. The van der Waals surface area contributed by atoms with E-state index in [1.165, 1.54) is 11.8 Å². The SMILES string of the molecule is NC(=O)CNC(=O)CCSc1ccccc1Cl. The first kappa shape index (κ1) is 13.9. The lowest BCUT2D eigenvalue weighted by atomic mass is 10.4. The molecular formula is C11H13ClN2O2S. The number of hydrogen-bond acceptors (Lipinski definition) is 3. The molecule has 1 aromatic rings. The highest BCUT2D eigenvalue weighted by molar-refractivity contribution is 7.99. The van der Waals surface area contributed by atoms with E-state index in [4.69, 9.17) is 17.3 Å².